The molecule has 1 aliphatic carbocycles. The van der Waals surface area contributed by atoms with Gasteiger partial charge in [-0.25, -0.2) is 0 Å². The molecule has 1 aromatic carbocycles. The second-order valence-corrected chi connectivity index (χ2v) is 6.34. The summed E-state index contributed by atoms with van der Waals surface area (Å²) >= 11 is 0. The molecule has 8 nitrogen and oxygen atoms in total. The molecule has 0 atom stereocenters. The van der Waals surface area contributed by atoms with E-state index in [1.807, 2.05) is 12.1 Å². The van der Waals surface area contributed by atoms with Crippen molar-refractivity contribution in [3.8, 4) is 11.5 Å². The third-order valence-corrected chi connectivity index (χ3v) is 4.13. The number of hydrogen-bond acceptors (Lipinski definition) is 5. The highest BCUT2D eigenvalue weighted by atomic mass is 16.5. The molecule has 0 spiro atoms. The lowest BCUT2D eigenvalue weighted by atomic mass is 10.3. The van der Waals surface area contributed by atoms with E-state index in [4.69, 9.17) is 9.47 Å². The smallest absolute Gasteiger partial charge is 0.260 e. The van der Waals surface area contributed by atoms with E-state index in [9.17, 15) is 14.4 Å². The molecule has 8 heteroatoms. The molecule has 0 unspecified atom stereocenters. The van der Waals surface area contributed by atoms with Crippen molar-refractivity contribution in [2.24, 2.45) is 0 Å². The highest BCUT2D eigenvalue weighted by Crippen LogP contribution is 2.28. The van der Waals surface area contributed by atoms with Crippen molar-refractivity contribution < 1.29 is 23.9 Å². The van der Waals surface area contributed by atoms with Crippen LogP contribution in [0.4, 0.5) is 0 Å². The van der Waals surface area contributed by atoms with Crippen LogP contribution < -0.4 is 20.1 Å². The zero-order valence-corrected chi connectivity index (χ0v) is 15.8. The zero-order valence-electron chi connectivity index (χ0n) is 15.8. The van der Waals surface area contributed by atoms with Crippen molar-refractivity contribution in [1.82, 2.24) is 15.5 Å². The second-order valence-electron chi connectivity index (χ2n) is 6.34. The number of para-hydroxylation sites is 2. The summed E-state index contributed by atoms with van der Waals surface area (Å²) < 4.78 is 10.8. The number of carbonyl (C=O) groups excluding carboxylic acids is 3. The molecule has 0 heterocycles. The molecule has 1 saturated carbocycles. The van der Waals surface area contributed by atoms with Crippen LogP contribution in [0.15, 0.2) is 24.3 Å². The lowest BCUT2D eigenvalue weighted by molar-refractivity contribution is -0.134. The lowest BCUT2D eigenvalue weighted by Crippen LogP contribution is -2.40. The number of nitrogens with one attached hydrogen (secondary N) is 2. The molecule has 1 fully saturated rings. The van der Waals surface area contributed by atoms with Crippen molar-refractivity contribution >= 4 is 17.7 Å². The quantitative estimate of drug-likeness (QED) is 0.554. The summed E-state index contributed by atoms with van der Waals surface area (Å²) in [5.41, 5.74) is 0. The van der Waals surface area contributed by atoms with Gasteiger partial charge in [0.05, 0.1) is 7.11 Å². The largest absolute Gasteiger partial charge is 0.493 e. The van der Waals surface area contributed by atoms with E-state index >= 15 is 0 Å². The van der Waals surface area contributed by atoms with Crippen molar-refractivity contribution in [3.05, 3.63) is 24.3 Å². The van der Waals surface area contributed by atoms with Gasteiger partial charge in [0, 0.05) is 39.0 Å². The molecule has 148 valence electrons. The van der Waals surface area contributed by atoms with Gasteiger partial charge in [-0.15, -0.1) is 0 Å². The predicted molar refractivity (Wildman–Crippen MR) is 99.5 cm³/mol. The zero-order chi connectivity index (χ0) is 19.6. The Kier molecular flexibility index (Phi) is 7.91. The lowest BCUT2D eigenvalue weighted by Gasteiger charge is -2.22. The fourth-order valence-electron chi connectivity index (χ4n) is 2.61. The third-order valence-electron chi connectivity index (χ3n) is 4.13. The molecule has 1 aromatic rings. The minimum Gasteiger partial charge on any atom is -0.493 e. The van der Waals surface area contributed by atoms with Crippen molar-refractivity contribution in [2.45, 2.75) is 32.2 Å². The molecule has 0 aliphatic heterocycles. The van der Waals surface area contributed by atoms with Crippen LogP contribution in [0.3, 0.4) is 0 Å². The Morgan fingerprint density at radius 2 is 1.78 bits per heavy atom. The standard InChI is InChI=1S/C19H27N3O5/c1-14(23)20-10-11-21-18(24)9-12-22(15-7-8-15)19(25)13-27-17-6-4-3-5-16(17)26-2/h3-6,15H,7-13H2,1-2H3,(H,20,23)(H,21,24). The molecule has 2 N–H and O–H groups in total. The van der Waals surface area contributed by atoms with E-state index in [0.717, 1.165) is 12.8 Å². The van der Waals surface area contributed by atoms with Gasteiger partial charge >= 0.3 is 0 Å². The van der Waals surface area contributed by atoms with Gasteiger partial charge in [0.1, 0.15) is 0 Å². The summed E-state index contributed by atoms with van der Waals surface area (Å²) in [6, 6.07) is 7.34. The molecule has 27 heavy (non-hydrogen) atoms. The van der Waals surface area contributed by atoms with E-state index in [1.165, 1.54) is 6.92 Å². The number of ether oxygens (including phenoxy) is 2. The van der Waals surface area contributed by atoms with E-state index in [2.05, 4.69) is 10.6 Å². The molecular weight excluding hydrogens is 350 g/mol. The van der Waals surface area contributed by atoms with Crippen molar-refractivity contribution in [2.75, 3.05) is 33.4 Å². The summed E-state index contributed by atoms with van der Waals surface area (Å²) in [5, 5.41) is 5.33. The number of amides is 3. The third kappa shape index (κ3) is 7.16. The molecule has 2 rings (SSSR count). The van der Waals surface area contributed by atoms with Crippen molar-refractivity contribution in [3.63, 3.8) is 0 Å². The number of benzene rings is 1. The summed E-state index contributed by atoms with van der Waals surface area (Å²) in [7, 11) is 1.55. The van der Waals surface area contributed by atoms with E-state index in [-0.39, 0.29) is 36.8 Å². The number of methoxy groups -OCH3 is 1. The van der Waals surface area contributed by atoms with Gasteiger partial charge in [0.2, 0.25) is 11.8 Å². The summed E-state index contributed by atoms with van der Waals surface area (Å²) in [4.78, 5) is 36.9. The first-order chi connectivity index (χ1) is 13.0. The summed E-state index contributed by atoms with van der Waals surface area (Å²) in [6.45, 7) is 2.44. The molecule has 1 aliphatic rings. The minimum absolute atomic E-state index is 0.0962. The summed E-state index contributed by atoms with van der Waals surface area (Å²) in [5.74, 6) is 0.658. The fraction of sp³-hybridized carbons (Fsp3) is 0.526. The second kappa shape index (κ2) is 10.4. The highest BCUT2D eigenvalue weighted by Gasteiger charge is 2.32. The normalized spacial score (nSPS) is 12.8. The maximum Gasteiger partial charge on any atom is 0.260 e. The first-order valence-electron chi connectivity index (χ1n) is 9.07. The number of hydrogen-bond donors (Lipinski definition) is 2. The van der Waals surface area contributed by atoms with Gasteiger partial charge < -0.3 is 25.0 Å². The maximum atomic E-state index is 12.5. The Balaban J connectivity index is 1.76. The number of nitrogens with zero attached hydrogens (tertiary/aromatic N) is 1. The number of rotatable bonds is 11. The Hall–Kier alpha value is -2.77. The molecule has 0 aromatic heterocycles. The Morgan fingerprint density at radius 1 is 1.11 bits per heavy atom. The Morgan fingerprint density at radius 3 is 2.41 bits per heavy atom. The Bertz CT molecular complexity index is 661. The van der Waals surface area contributed by atoms with E-state index in [0.29, 0.717) is 31.1 Å². The molecule has 3 amide bonds. The monoisotopic (exact) mass is 377 g/mol. The van der Waals surface area contributed by atoms with Crippen LogP contribution in [0.1, 0.15) is 26.2 Å². The maximum absolute atomic E-state index is 12.5. The fourth-order valence-corrected chi connectivity index (χ4v) is 2.61. The number of carbonyl (C=O) groups is 3. The molecule has 0 bridgehead atoms. The van der Waals surface area contributed by atoms with Gasteiger partial charge in [0.15, 0.2) is 18.1 Å². The van der Waals surface area contributed by atoms with Crippen LogP contribution in [0.25, 0.3) is 0 Å². The molecule has 0 radical (unpaired) electrons. The summed E-state index contributed by atoms with van der Waals surface area (Å²) in [6.07, 6.45) is 2.12. The van der Waals surface area contributed by atoms with Crippen LogP contribution in [0.2, 0.25) is 0 Å². The minimum atomic E-state index is -0.149. The predicted octanol–water partition coefficient (Wildman–Crippen LogP) is 0.707. The average molecular weight is 377 g/mol. The van der Waals surface area contributed by atoms with E-state index < -0.39 is 0 Å². The van der Waals surface area contributed by atoms with Crippen LogP contribution in [-0.4, -0.2) is 62.0 Å². The van der Waals surface area contributed by atoms with Gasteiger partial charge in [-0.1, -0.05) is 12.1 Å². The topological polar surface area (TPSA) is 97.0 Å². The van der Waals surface area contributed by atoms with Gasteiger partial charge in [0.25, 0.3) is 5.91 Å². The average Bonchev–Trinajstić information content (AvgIpc) is 3.48. The van der Waals surface area contributed by atoms with Crippen LogP contribution in [0.5, 0.6) is 11.5 Å². The molecular formula is C19H27N3O5. The first kappa shape index (κ1) is 20.5. The SMILES string of the molecule is COc1ccccc1OCC(=O)N(CCC(=O)NCCNC(C)=O)C1CC1. The van der Waals surface area contributed by atoms with E-state index in [1.54, 1.807) is 24.1 Å². The molecule has 0 saturated heterocycles. The van der Waals surface area contributed by atoms with Gasteiger partial charge in [-0.2, -0.15) is 0 Å². The van der Waals surface area contributed by atoms with Crippen LogP contribution in [0, 0.1) is 0 Å². The highest BCUT2D eigenvalue weighted by molar-refractivity contribution is 5.80. The van der Waals surface area contributed by atoms with Crippen molar-refractivity contribution in [1.29, 1.82) is 0 Å². The van der Waals surface area contributed by atoms with Crippen LogP contribution >= 0.6 is 0 Å². The van der Waals surface area contributed by atoms with Crippen LogP contribution in [-0.2, 0) is 14.4 Å². The van der Waals surface area contributed by atoms with Gasteiger partial charge in [-0.05, 0) is 25.0 Å². The van der Waals surface area contributed by atoms with Gasteiger partial charge in [-0.3, -0.25) is 14.4 Å². The first-order valence-corrected chi connectivity index (χ1v) is 9.07. The Labute approximate surface area is 159 Å².